The number of nitrogens with zero attached hydrogens (tertiary/aromatic N) is 6. The van der Waals surface area contributed by atoms with Gasteiger partial charge in [-0.05, 0) is 55.5 Å². The van der Waals surface area contributed by atoms with Gasteiger partial charge >= 0.3 is 6.18 Å². The molecule has 0 spiro atoms. The lowest BCUT2D eigenvalue weighted by molar-refractivity contribution is -0.145. The summed E-state index contributed by atoms with van der Waals surface area (Å²) in [6.07, 6.45) is -4.77. The zero-order valence-electron chi connectivity index (χ0n) is 29.8. The van der Waals surface area contributed by atoms with Gasteiger partial charge in [0, 0.05) is 37.9 Å². The molecular formula is C47H29F3N6. The molecule has 9 heteroatoms. The zero-order valence-corrected chi connectivity index (χ0v) is 29.8. The molecule has 0 unspecified atom stereocenters. The first kappa shape index (κ1) is 32.2. The number of benzene rings is 7. The molecule has 4 heterocycles. The lowest BCUT2D eigenvalue weighted by Crippen LogP contribution is -2.14. The summed E-state index contributed by atoms with van der Waals surface area (Å²) < 4.78 is 49.8. The van der Waals surface area contributed by atoms with E-state index >= 15 is 0 Å². The van der Waals surface area contributed by atoms with E-state index in [-0.39, 0.29) is 11.6 Å². The number of hydrogen-bond donors (Lipinski definition) is 0. The Bertz CT molecular complexity index is 3090. The lowest BCUT2D eigenvalue weighted by Gasteiger charge is -2.23. The van der Waals surface area contributed by atoms with E-state index in [1.807, 2.05) is 84.9 Å². The molecule has 0 radical (unpaired) electrons. The number of alkyl halides is 3. The van der Waals surface area contributed by atoms with Crippen LogP contribution in [0.2, 0.25) is 0 Å². The van der Waals surface area contributed by atoms with E-state index in [1.165, 1.54) is 6.92 Å². The van der Waals surface area contributed by atoms with Gasteiger partial charge in [0.2, 0.25) is 5.82 Å². The third-order valence-electron chi connectivity index (χ3n) is 10.8. The molecule has 11 aromatic rings. The molecule has 7 aromatic carbocycles. The molecule has 6 nitrogen and oxygen atoms in total. The third kappa shape index (κ3) is 4.67. The predicted molar refractivity (Wildman–Crippen MR) is 218 cm³/mol. The first-order valence-electron chi connectivity index (χ1n) is 18.3. The SMILES string of the molecule is Cc1nc(-c2cc(-n3c4ccccc4c4ccccc43)c(-n3c4ccccc4c4ccccc43)c(-n3c4ccccc4c4ccccc43)c2)nc(C(F)(F)F)n1. The fourth-order valence-electron chi connectivity index (χ4n) is 8.57. The van der Waals surface area contributed by atoms with E-state index in [2.05, 4.69) is 101 Å². The summed E-state index contributed by atoms with van der Waals surface area (Å²) >= 11 is 0. The quantitative estimate of drug-likeness (QED) is 0.181. The van der Waals surface area contributed by atoms with Crippen LogP contribution in [0, 0.1) is 6.92 Å². The number of para-hydroxylation sites is 6. The summed E-state index contributed by atoms with van der Waals surface area (Å²) in [6.45, 7) is 1.47. The number of aryl methyl sites for hydroxylation is 1. The van der Waals surface area contributed by atoms with Gasteiger partial charge in [-0.2, -0.15) is 13.2 Å². The maximum absolute atomic E-state index is 14.3. The van der Waals surface area contributed by atoms with Gasteiger partial charge in [-0.15, -0.1) is 0 Å². The fraction of sp³-hybridized carbons (Fsp3) is 0.0426. The Kier molecular flexibility index (Phi) is 6.82. The average Bonchev–Trinajstić information content (AvgIpc) is 3.86. The van der Waals surface area contributed by atoms with E-state index in [0.717, 1.165) is 82.5 Å². The van der Waals surface area contributed by atoms with Crippen LogP contribution in [0.5, 0.6) is 0 Å². The molecule has 0 saturated carbocycles. The zero-order chi connectivity index (χ0) is 37.7. The molecule has 0 fully saturated rings. The monoisotopic (exact) mass is 734 g/mol. The standard InChI is InChI=1S/C47H29F3N6/c1-28-51-45(53-46(52-28)47(48,49)50)29-26-42(54-36-20-8-2-14-30(36)31-15-3-9-21-37(31)54)44(56-40-24-12-6-18-34(40)35-19-7-13-25-41(35)56)43(27-29)55-38-22-10-4-16-32(38)33-17-5-11-23-39(33)55/h2-27H,1H3. The van der Waals surface area contributed by atoms with Crippen LogP contribution in [0.1, 0.15) is 11.6 Å². The highest BCUT2D eigenvalue weighted by Crippen LogP contribution is 2.44. The van der Waals surface area contributed by atoms with Crippen molar-refractivity contribution < 1.29 is 13.2 Å². The van der Waals surface area contributed by atoms with E-state index < -0.39 is 12.0 Å². The van der Waals surface area contributed by atoms with Crippen LogP contribution in [0.3, 0.4) is 0 Å². The Hall–Kier alpha value is -7.26. The molecule has 0 amide bonds. The molecule has 0 saturated heterocycles. The maximum atomic E-state index is 14.3. The van der Waals surface area contributed by atoms with E-state index in [1.54, 1.807) is 0 Å². The van der Waals surface area contributed by atoms with Crippen LogP contribution in [0.25, 0.3) is 93.9 Å². The van der Waals surface area contributed by atoms with Gasteiger partial charge in [0.05, 0.1) is 50.2 Å². The molecule has 0 bridgehead atoms. The molecular weight excluding hydrogens is 706 g/mol. The minimum absolute atomic E-state index is 0.0226. The predicted octanol–water partition coefficient (Wildman–Crippen LogP) is 12.2. The summed E-state index contributed by atoms with van der Waals surface area (Å²) in [6, 6.07) is 53.5. The van der Waals surface area contributed by atoms with Crippen LogP contribution in [0.15, 0.2) is 158 Å². The highest BCUT2D eigenvalue weighted by atomic mass is 19.4. The van der Waals surface area contributed by atoms with Crippen molar-refractivity contribution in [3.05, 3.63) is 169 Å². The molecule has 0 atom stereocenters. The molecule has 56 heavy (non-hydrogen) atoms. The Morgan fingerprint density at radius 3 is 1.07 bits per heavy atom. The number of aromatic nitrogens is 6. The van der Waals surface area contributed by atoms with E-state index in [9.17, 15) is 13.2 Å². The molecule has 0 aliphatic carbocycles. The van der Waals surface area contributed by atoms with Crippen molar-refractivity contribution in [1.29, 1.82) is 0 Å². The molecule has 0 aliphatic rings. The van der Waals surface area contributed by atoms with Gasteiger partial charge in [-0.25, -0.2) is 15.0 Å². The summed E-state index contributed by atoms with van der Waals surface area (Å²) in [4.78, 5) is 12.3. The maximum Gasteiger partial charge on any atom is 0.451 e. The minimum atomic E-state index is -4.77. The lowest BCUT2D eigenvalue weighted by atomic mass is 10.1. The summed E-state index contributed by atoms with van der Waals surface area (Å²) in [5, 5.41) is 6.37. The Balaban J connectivity index is 1.42. The molecule has 268 valence electrons. The summed E-state index contributed by atoms with van der Waals surface area (Å²) in [5.74, 6) is -1.32. The first-order valence-corrected chi connectivity index (χ1v) is 18.3. The topological polar surface area (TPSA) is 53.5 Å². The number of rotatable bonds is 4. The van der Waals surface area contributed by atoms with Crippen molar-refractivity contribution in [3.63, 3.8) is 0 Å². The van der Waals surface area contributed by atoms with Crippen molar-refractivity contribution in [1.82, 2.24) is 28.7 Å². The highest BCUT2D eigenvalue weighted by molar-refractivity contribution is 6.13. The van der Waals surface area contributed by atoms with Crippen molar-refractivity contribution in [2.75, 3.05) is 0 Å². The second-order valence-electron chi connectivity index (χ2n) is 14.0. The van der Waals surface area contributed by atoms with Crippen molar-refractivity contribution >= 4 is 65.4 Å². The van der Waals surface area contributed by atoms with Gasteiger partial charge in [0.15, 0.2) is 5.82 Å². The van der Waals surface area contributed by atoms with Crippen LogP contribution in [0.4, 0.5) is 13.2 Å². The van der Waals surface area contributed by atoms with Crippen LogP contribution in [-0.4, -0.2) is 28.7 Å². The van der Waals surface area contributed by atoms with Gasteiger partial charge in [-0.3, -0.25) is 0 Å². The second-order valence-corrected chi connectivity index (χ2v) is 14.0. The number of halogens is 3. The van der Waals surface area contributed by atoms with Crippen LogP contribution < -0.4 is 0 Å². The largest absolute Gasteiger partial charge is 0.451 e. The van der Waals surface area contributed by atoms with Crippen molar-refractivity contribution in [2.24, 2.45) is 0 Å². The Morgan fingerprint density at radius 2 is 0.732 bits per heavy atom. The van der Waals surface area contributed by atoms with Gasteiger partial charge in [0.1, 0.15) is 5.82 Å². The second kappa shape index (κ2) is 11.9. The Morgan fingerprint density at radius 1 is 0.411 bits per heavy atom. The highest BCUT2D eigenvalue weighted by Gasteiger charge is 2.36. The molecule has 0 N–H and O–H groups in total. The fourth-order valence-corrected chi connectivity index (χ4v) is 8.57. The van der Waals surface area contributed by atoms with E-state index in [0.29, 0.717) is 5.56 Å². The third-order valence-corrected chi connectivity index (χ3v) is 10.8. The number of fused-ring (bicyclic) bond motifs is 9. The van der Waals surface area contributed by atoms with Crippen molar-refractivity contribution in [3.8, 4) is 28.5 Å². The molecule has 0 aliphatic heterocycles. The van der Waals surface area contributed by atoms with E-state index in [4.69, 9.17) is 0 Å². The van der Waals surface area contributed by atoms with Gasteiger partial charge < -0.3 is 13.7 Å². The summed E-state index contributed by atoms with van der Waals surface area (Å²) in [5.41, 5.74) is 8.51. The van der Waals surface area contributed by atoms with Crippen molar-refractivity contribution in [2.45, 2.75) is 13.1 Å². The van der Waals surface area contributed by atoms with Crippen LogP contribution >= 0.6 is 0 Å². The van der Waals surface area contributed by atoms with Crippen LogP contribution in [-0.2, 0) is 6.18 Å². The number of hydrogen-bond acceptors (Lipinski definition) is 3. The average molecular weight is 735 g/mol. The molecule has 11 rings (SSSR count). The first-order chi connectivity index (χ1) is 27.3. The minimum Gasteiger partial charge on any atom is -0.307 e. The molecule has 4 aromatic heterocycles. The smallest absolute Gasteiger partial charge is 0.307 e. The Labute approximate surface area is 317 Å². The summed E-state index contributed by atoms with van der Waals surface area (Å²) in [7, 11) is 0. The normalized spacial score (nSPS) is 12.3. The van der Waals surface area contributed by atoms with Gasteiger partial charge in [0.25, 0.3) is 0 Å². The van der Waals surface area contributed by atoms with Gasteiger partial charge in [-0.1, -0.05) is 109 Å².